The first-order chi connectivity index (χ1) is 23.6. The van der Waals surface area contributed by atoms with Gasteiger partial charge in [-0.2, -0.15) is 0 Å². The Labute approximate surface area is 309 Å². The van der Waals surface area contributed by atoms with Crippen LogP contribution in [0.1, 0.15) is 76.4 Å². The molecule has 3 aromatic carbocycles. The van der Waals surface area contributed by atoms with Crippen molar-refractivity contribution in [2.75, 3.05) is 28.2 Å². The van der Waals surface area contributed by atoms with Crippen molar-refractivity contribution in [2.45, 2.75) is 70.9 Å². The smallest absolute Gasteiger partial charge is 0.333 e. The highest BCUT2D eigenvalue weighted by Crippen LogP contribution is 2.19. The number of nitrogens with zero attached hydrogens (tertiary/aromatic N) is 2. The predicted molar refractivity (Wildman–Crippen MR) is 201 cm³/mol. The van der Waals surface area contributed by atoms with Crippen LogP contribution < -0.4 is 16.4 Å². The normalized spacial score (nSPS) is 12.2. The quantitative estimate of drug-likeness (QED) is 0.183. The van der Waals surface area contributed by atoms with Crippen molar-refractivity contribution in [3.8, 4) is 0 Å². The average Bonchev–Trinajstić information content (AvgIpc) is 3.05. The summed E-state index contributed by atoms with van der Waals surface area (Å²) in [6, 6.07) is 23.5. The number of carbonyl (C=O) groups is 5. The number of amides is 4. The molecule has 0 spiro atoms. The molecule has 0 aliphatic carbocycles. The van der Waals surface area contributed by atoms with Gasteiger partial charge in [-0.3, -0.25) is 0 Å². The highest BCUT2D eigenvalue weighted by molar-refractivity contribution is 5.85. The zero-order valence-corrected chi connectivity index (χ0v) is 31.7. The molecule has 0 unspecified atom stereocenters. The number of benzene rings is 3. The van der Waals surface area contributed by atoms with Crippen LogP contribution in [0.3, 0.4) is 0 Å². The van der Waals surface area contributed by atoms with Gasteiger partial charge in [-0.1, -0.05) is 91.0 Å². The molecule has 3 radical (unpaired) electrons. The molecule has 0 fully saturated rings. The number of ether oxygens (including phenoxy) is 2. The summed E-state index contributed by atoms with van der Waals surface area (Å²) >= 11 is 0. The second kappa shape index (κ2) is 21.8. The topological polar surface area (TPSA) is 181 Å². The number of rotatable bonds is 8. The van der Waals surface area contributed by atoms with Crippen molar-refractivity contribution >= 4 is 38.4 Å². The van der Waals surface area contributed by atoms with Crippen LogP contribution in [0.2, 0.25) is 0 Å². The number of esters is 2. The number of hydrogen-bond acceptors (Lipinski definition) is 8. The molecule has 13 nitrogen and oxygen atoms in total. The molecule has 4 amide bonds. The molecule has 0 aromatic heterocycles. The molecule has 3 rings (SSSR count). The molecule has 3 aromatic rings. The maximum Gasteiger partial charge on any atom is 0.333 e. The lowest BCUT2D eigenvalue weighted by Gasteiger charge is -2.25. The first kappa shape index (κ1) is 46.6. The summed E-state index contributed by atoms with van der Waals surface area (Å²) in [5.74, 6) is -1.95. The van der Waals surface area contributed by atoms with Crippen molar-refractivity contribution in [2.24, 2.45) is 5.73 Å². The number of carbonyl (C=O) groups excluding carboxylic acids is 4. The molecular weight excluding hydrogens is 665 g/mol. The largest absolute Gasteiger partial charge is 0.479 e. The van der Waals surface area contributed by atoms with Crippen LogP contribution in [-0.4, -0.2) is 92.7 Å². The summed E-state index contributed by atoms with van der Waals surface area (Å²) in [7, 11) is 6.34. The zero-order chi connectivity index (χ0) is 38.9. The SMILES string of the molecule is CC(C)(C)OC(=O)[C@H](N)c1ccccc1.CN(C)C(=O)N[C@@H](C(=O)O)c1ccccc1.CN(C)C(=O)N[C@@H](C(=O)OC(C)(C)C)c1ccccc1.[B]. The summed E-state index contributed by atoms with van der Waals surface area (Å²) in [6.45, 7) is 10.8. The Morgan fingerprint density at radius 3 is 1.21 bits per heavy atom. The van der Waals surface area contributed by atoms with Gasteiger partial charge in [0.05, 0.1) is 0 Å². The van der Waals surface area contributed by atoms with Gasteiger partial charge in [0.15, 0.2) is 12.1 Å². The third-order valence-electron chi connectivity index (χ3n) is 6.32. The van der Waals surface area contributed by atoms with Crippen LogP contribution in [0.5, 0.6) is 0 Å². The standard InChI is InChI=1S/C15H22N2O3.C12H17NO2.C11H14N2O3.B/c1-15(2,3)20-13(18)12(16-14(19)17(4)5)11-9-7-6-8-10-11;1-12(2,3)15-11(14)10(13)9-7-5-4-6-8-9;1-13(2)11(16)12-9(10(14)15)8-6-4-3-5-7-8;/h6-10,12H,1-5H3,(H,16,19);4-8,10H,13H2,1-3H3;3-7,9H,1-2H3,(H,12,16)(H,14,15);/t12-;10-;9-;/m111./s1. The molecule has 52 heavy (non-hydrogen) atoms. The predicted octanol–water partition coefficient (Wildman–Crippen LogP) is 5.07. The molecular formula is C38H53BN5O8. The molecule has 0 bridgehead atoms. The van der Waals surface area contributed by atoms with Crippen LogP contribution in [0.15, 0.2) is 91.0 Å². The second-order valence-electron chi connectivity index (χ2n) is 13.7. The fraction of sp³-hybridized carbons (Fsp3) is 0.395. The van der Waals surface area contributed by atoms with Crippen LogP contribution >= 0.6 is 0 Å². The number of urea groups is 2. The Morgan fingerprint density at radius 2 is 0.885 bits per heavy atom. The van der Waals surface area contributed by atoms with Crippen LogP contribution in [0, 0.1) is 0 Å². The summed E-state index contributed by atoms with van der Waals surface area (Å²) in [5.41, 5.74) is 6.68. The minimum atomic E-state index is -1.08. The highest BCUT2D eigenvalue weighted by atomic mass is 16.6. The summed E-state index contributed by atoms with van der Waals surface area (Å²) in [6.07, 6.45) is 0. The van der Waals surface area contributed by atoms with Gasteiger partial charge in [-0.25, -0.2) is 24.0 Å². The molecule has 14 heteroatoms. The number of nitrogens with one attached hydrogen (secondary N) is 2. The summed E-state index contributed by atoms with van der Waals surface area (Å²) < 4.78 is 10.6. The Bertz CT molecular complexity index is 1540. The van der Waals surface area contributed by atoms with E-state index >= 15 is 0 Å². The van der Waals surface area contributed by atoms with Gasteiger partial charge in [0.2, 0.25) is 0 Å². The Morgan fingerprint density at radius 1 is 0.577 bits per heavy atom. The van der Waals surface area contributed by atoms with Crippen LogP contribution in [-0.2, 0) is 23.9 Å². The third-order valence-corrected chi connectivity index (χ3v) is 6.32. The van der Waals surface area contributed by atoms with E-state index in [9.17, 15) is 24.0 Å². The maximum atomic E-state index is 12.3. The molecule has 281 valence electrons. The summed E-state index contributed by atoms with van der Waals surface area (Å²) in [4.78, 5) is 60.8. The van der Waals surface area contributed by atoms with Crippen molar-refractivity contribution in [1.82, 2.24) is 20.4 Å². The van der Waals surface area contributed by atoms with Gasteiger partial charge in [-0.05, 0) is 58.2 Å². The van der Waals surface area contributed by atoms with Gasteiger partial charge in [0.1, 0.15) is 17.2 Å². The van der Waals surface area contributed by atoms with E-state index in [1.54, 1.807) is 91.4 Å². The maximum absolute atomic E-state index is 12.3. The fourth-order valence-electron chi connectivity index (χ4n) is 3.88. The van der Waals surface area contributed by atoms with Gasteiger partial charge < -0.3 is 40.7 Å². The van der Waals surface area contributed by atoms with E-state index in [1.807, 2.05) is 69.3 Å². The van der Waals surface area contributed by atoms with E-state index in [1.165, 1.54) is 9.80 Å². The Balaban J connectivity index is 0.000000752. The first-order valence-electron chi connectivity index (χ1n) is 16.2. The Kier molecular flexibility index (Phi) is 19.5. The minimum absolute atomic E-state index is 0. The lowest BCUT2D eigenvalue weighted by atomic mass is 10.1. The third kappa shape index (κ3) is 18.0. The van der Waals surface area contributed by atoms with Crippen molar-refractivity contribution < 1.29 is 38.6 Å². The van der Waals surface area contributed by atoms with Crippen LogP contribution in [0.4, 0.5) is 9.59 Å². The second-order valence-corrected chi connectivity index (χ2v) is 13.7. The molecule has 0 aliphatic heterocycles. The van der Waals surface area contributed by atoms with E-state index in [2.05, 4.69) is 10.6 Å². The van der Waals surface area contributed by atoms with Gasteiger partial charge >= 0.3 is 30.0 Å². The number of carboxylic acids is 1. The molecule has 0 saturated carbocycles. The lowest BCUT2D eigenvalue weighted by Crippen LogP contribution is -2.42. The lowest BCUT2D eigenvalue weighted by molar-refractivity contribution is -0.158. The molecule has 0 saturated heterocycles. The number of nitrogens with two attached hydrogens (primary N) is 1. The first-order valence-corrected chi connectivity index (χ1v) is 16.2. The summed E-state index contributed by atoms with van der Waals surface area (Å²) in [5, 5.41) is 14.1. The molecule has 0 heterocycles. The van der Waals surface area contributed by atoms with Gasteiger partial charge in [0.25, 0.3) is 0 Å². The van der Waals surface area contributed by atoms with E-state index in [0.717, 1.165) is 5.56 Å². The Hall–Kier alpha value is -5.37. The van der Waals surface area contributed by atoms with E-state index < -0.39 is 53.3 Å². The number of carboxylic acid groups (broad SMARTS) is 1. The van der Waals surface area contributed by atoms with Crippen LogP contribution in [0.25, 0.3) is 0 Å². The molecule has 3 atom stereocenters. The molecule has 0 aliphatic rings. The number of hydrogen-bond donors (Lipinski definition) is 4. The fourth-order valence-corrected chi connectivity index (χ4v) is 3.88. The van der Waals surface area contributed by atoms with Crippen molar-refractivity contribution in [3.05, 3.63) is 108 Å². The van der Waals surface area contributed by atoms with Crippen molar-refractivity contribution in [1.29, 1.82) is 0 Å². The van der Waals surface area contributed by atoms with Crippen molar-refractivity contribution in [3.63, 3.8) is 0 Å². The molecule has 5 N–H and O–H groups in total. The highest BCUT2D eigenvalue weighted by Gasteiger charge is 2.28. The minimum Gasteiger partial charge on any atom is -0.479 e. The monoisotopic (exact) mass is 718 g/mol. The van der Waals surface area contributed by atoms with Gasteiger partial charge in [0, 0.05) is 36.6 Å². The van der Waals surface area contributed by atoms with E-state index in [4.69, 9.17) is 20.3 Å². The van der Waals surface area contributed by atoms with E-state index in [0.29, 0.717) is 11.1 Å². The zero-order valence-electron chi connectivity index (χ0n) is 31.7. The average molecular weight is 719 g/mol. The number of aliphatic carboxylic acids is 1. The van der Waals surface area contributed by atoms with Gasteiger partial charge in [-0.15, -0.1) is 0 Å². The van der Waals surface area contributed by atoms with E-state index in [-0.39, 0.29) is 14.4 Å².